The summed E-state index contributed by atoms with van der Waals surface area (Å²) in [5.41, 5.74) is -1.47. The predicted octanol–water partition coefficient (Wildman–Crippen LogP) is 2.18. The Balaban J connectivity index is 2.49. The van der Waals surface area contributed by atoms with E-state index in [1.807, 2.05) is 27.7 Å². The monoisotopic (exact) mass is 540 g/mol. The Morgan fingerprint density at radius 1 is 0.974 bits per heavy atom. The molecule has 0 unspecified atom stereocenters. The third-order valence-electron chi connectivity index (χ3n) is 6.09. The van der Waals surface area contributed by atoms with Gasteiger partial charge < -0.3 is 33.9 Å². The second-order valence-electron chi connectivity index (χ2n) is 10.9. The largest absolute Gasteiger partial charge is 0.462 e. The molecule has 0 spiro atoms. The van der Waals surface area contributed by atoms with Crippen LogP contribution in [0.5, 0.6) is 0 Å². The molecule has 0 radical (unpaired) electrons. The maximum Gasteiger partial charge on any atom is 0.335 e. The summed E-state index contributed by atoms with van der Waals surface area (Å²) in [4.78, 5) is 49.0. The van der Waals surface area contributed by atoms with E-state index in [9.17, 15) is 29.4 Å². The molecule has 0 aromatic heterocycles. The van der Waals surface area contributed by atoms with Gasteiger partial charge in [-0.1, -0.05) is 41.5 Å². The molecule has 11 nitrogen and oxygen atoms in total. The van der Waals surface area contributed by atoms with Crippen LogP contribution in [-0.4, -0.2) is 71.4 Å². The Morgan fingerprint density at radius 2 is 1.58 bits per heavy atom. The summed E-state index contributed by atoms with van der Waals surface area (Å²) in [6, 6.07) is 0. The fourth-order valence-corrected chi connectivity index (χ4v) is 4.11. The lowest BCUT2D eigenvalue weighted by molar-refractivity contribution is -0.219. The van der Waals surface area contributed by atoms with Crippen molar-refractivity contribution in [3.63, 3.8) is 0 Å². The number of fused-ring (bicyclic) bond motifs is 1. The van der Waals surface area contributed by atoms with Gasteiger partial charge in [0.05, 0.1) is 12.2 Å². The van der Waals surface area contributed by atoms with Gasteiger partial charge in [-0.3, -0.25) is 14.4 Å². The smallest absolute Gasteiger partial charge is 0.335 e. The molecular weight excluding hydrogens is 500 g/mol. The van der Waals surface area contributed by atoms with Crippen LogP contribution in [0.15, 0.2) is 23.5 Å². The lowest BCUT2D eigenvalue weighted by Gasteiger charge is -2.40. The molecule has 1 heterocycles. The number of rotatable bonds is 12. The average Bonchev–Trinajstić information content (AvgIpc) is 3.08. The first-order valence-corrected chi connectivity index (χ1v) is 12.8. The van der Waals surface area contributed by atoms with Gasteiger partial charge in [-0.15, -0.1) is 0 Å². The van der Waals surface area contributed by atoms with Crippen LogP contribution < -0.4 is 0 Å². The summed E-state index contributed by atoms with van der Waals surface area (Å²) in [5, 5.41) is 22.2. The van der Waals surface area contributed by atoms with Crippen LogP contribution >= 0.6 is 0 Å². The van der Waals surface area contributed by atoms with E-state index in [-0.39, 0.29) is 31.3 Å². The molecule has 5 atom stereocenters. The molecule has 38 heavy (non-hydrogen) atoms. The highest BCUT2D eigenvalue weighted by molar-refractivity contribution is 5.75. The van der Waals surface area contributed by atoms with E-state index in [0.29, 0.717) is 11.1 Å². The molecule has 0 saturated carbocycles. The SMILES string of the molecule is CC(=O)OCC1=CO[C@@H](OC(=O)CC(C)C)[C@H]2C1=C[C@@H](OC(=O)[C@H](O)C(C)C)[C@@]2(O)COC(=O)CC(C)C. The van der Waals surface area contributed by atoms with E-state index in [1.54, 1.807) is 13.8 Å². The molecule has 11 heteroatoms. The topological polar surface area (TPSA) is 155 Å². The zero-order chi connectivity index (χ0) is 28.8. The number of carbonyl (C=O) groups excluding carboxylic acids is 4. The van der Waals surface area contributed by atoms with Crippen LogP contribution in [0.1, 0.15) is 61.3 Å². The second kappa shape index (κ2) is 13.2. The number of aliphatic hydroxyl groups is 2. The Kier molecular flexibility index (Phi) is 10.9. The van der Waals surface area contributed by atoms with E-state index in [0.717, 1.165) is 0 Å². The van der Waals surface area contributed by atoms with E-state index >= 15 is 0 Å². The molecule has 214 valence electrons. The van der Waals surface area contributed by atoms with Crippen molar-refractivity contribution in [2.45, 2.75) is 85.4 Å². The fourth-order valence-electron chi connectivity index (χ4n) is 4.11. The molecular formula is C27H40O11. The van der Waals surface area contributed by atoms with Crippen LogP contribution in [0, 0.1) is 23.7 Å². The molecule has 0 aromatic rings. The molecule has 2 N–H and O–H groups in total. The number of carbonyl (C=O) groups is 4. The van der Waals surface area contributed by atoms with Crippen LogP contribution in [0.4, 0.5) is 0 Å². The van der Waals surface area contributed by atoms with Crippen molar-refractivity contribution in [1.29, 1.82) is 0 Å². The summed E-state index contributed by atoms with van der Waals surface area (Å²) in [5.74, 6) is -4.39. The number of ether oxygens (including phenoxy) is 5. The van der Waals surface area contributed by atoms with Crippen molar-refractivity contribution in [3.8, 4) is 0 Å². The van der Waals surface area contributed by atoms with Crippen LogP contribution in [0.25, 0.3) is 0 Å². The summed E-state index contributed by atoms with van der Waals surface area (Å²) in [6.45, 7) is 10.9. The Bertz CT molecular complexity index is 949. The summed E-state index contributed by atoms with van der Waals surface area (Å²) < 4.78 is 27.2. The summed E-state index contributed by atoms with van der Waals surface area (Å²) >= 11 is 0. The second-order valence-corrected chi connectivity index (χ2v) is 10.9. The standard InChI is InChI=1S/C27H40O11/c1-14(2)8-21(29)36-13-27(33)20(37-25(32)24(31)16(5)6)10-19-18(11-34-17(7)28)12-35-26(23(19)27)38-22(30)9-15(3)4/h10,12,14-16,20,23-24,26,31,33H,8-9,11,13H2,1-7H3/t20-,23-,24-,26+,27+/m1/s1. The van der Waals surface area contributed by atoms with E-state index in [2.05, 4.69) is 0 Å². The van der Waals surface area contributed by atoms with Gasteiger partial charge in [0.1, 0.15) is 13.2 Å². The maximum atomic E-state index is 12.7. The van der Waals surface area contributed by atoms with Gasteiger partial charge in [-0.2, -0.15) is 0 Å². The molecule has 1 aliphatic heterocycles. The average molecular weight is 541 g/mol. The van der Waals surface area contributed by atoms with Crippen molar-refractivity contribution in [1.82, 2.24) is 0 Å². The van der Waals surface area contributed by atoms with Crippen molar-refractivity contribution in [2.75, 3.05) is 13.2 Å². The predicted molar refractivity (Wildman–Crippen MR) is 133 cm³/mol. The van der Waals surface area contributed by atoms with Gasteiger partial charge in [-0.05, 0) is 29.4 Å². The highest BCUT2D eigenvalue weighted by atomic mass is 16.7. The molecule has 0 saturated heterocycles. The molecule has 2 aliphatic rings. The van der Waals surface area contributed by atoms with Gasteiger partial charge in [0.25, 0.3) is 6.29 Å². The zero-order valence-electron chi connectivity index (χ0n) is 23.1. The molecule has 0 amide bonds. The minimum atomic E-state index is -2.13. The Labute approximate surface area is 223 Å². The van der Waals surface area contributed by atoms with Gasteiger partial charge in [0, 0.05) is 25.3 Å². The summed E-state index contributed by atoms with van der Waals surface area (Å²) in [7, 11) is 0. The molecule has 0 fully saturated rings. The Morgan fingerprint density at radius 3 is 2.13 bits per heavy atom. The molecule has 0 aromatic carbocycles. The lowest BCUT2D eigenvalue weighted by atomic mass is 9.82. The first kappa shape index (κ1) is 31.3. The van der Waals surface area contributed by atoms with Crippen molar-refractivity contribution < 1.29 is 53.1 Å². The number of aliphatic hydroxyl groups excluding tert-OH is 1. The van der Waals surface area contributed by atoms with Gasteiger partial charge in [0.2, 0.25) is 0 Å². The zero-order valence-corrected chi connectivity index (χ0v) is 23.1. The molecule has 2 rings (SSSR count). The third kappa shape index (κ3) is 8.04. The number of hydrogen-bond acceptors (Lipinski definition) is 11. The third-order valence-corrected chi connectivity index (χ3v) is 6.09. The van der Waals surface area contributed by atoms with Gasteiger partial charge in [0.15, 0.2) is 17.8 Å². The maximum absolute atomic E-state index is 12.7. The minimum absolute atomic E-state index is 0.00904. The van der Waals surface area contributed by atoms with Crippen LogP contribution in [0.3, 0.4) is 0 Å². The van der Waals surface area contributed by atoms with Crippen LogP contribution in [-0.2, 0) is 42.9 Å². The van der Waals surface area contributed by atoms with Crippen molar-refractivity contribution >= 4 is 23.9 Å². The highest BCUT2D eigenvalue weighted by Crippen LogP contribution is 2.47. The number of esters is 4. The Hall–Kier alpha value is -2.92. The van der Waals surface area contributed by atoms with Crippen molar-refractivity contribution in [2.24, 2.45) is 23.7 Å². The van der Waals surface area contributed by atoms with Crippen LogP contribution in [0.2, 0.25) is 0 Å². The van der Waals surface area contributed by atoms with Gasteiger partial charge in [-0.25, -0.2) is 4.79 Å². The molecule has 0 bridgehead atoms. The first-order valence-electron chi connectivity index (χ1n) is 12.8. The highest BCUT2D eigenvalue weighted by Gasteiger charge is 2.59. The fraction of sp³-hybridized carbons (Fsp3) is 0.704. The quantitative estimate of drug-likeness (QED) is 0.276. The van der Waals surface area contributed by atoms with Gasteiger partial charge >= 0.3 is 23.9 Å². The minimum Gasteiger partial charge on any atom is -0.462 e. The van der Waals surface area contributed by atoms with E-state index < -0.39 is 66.4 Å². The first-order chi connectivity index (χ1) is 17.6. The number of hydrogen-bond donors (Lipinski definition) is 2. The van der Waals surface area contributed by atoms with Crippen molar-refractivity contribution in [3.05, 3.63) is 23.5 Å². The normalized spacial score (nSPS) is 25.2. The lowest BCUT2D eigenvalue weighted by Crippen LogP contribution is -2.56. The van der Waals surface area contributed by atoms with E-state index in [4.69, 9.17) is 23.7 Å². The molecule has 1 aliphatic carbocycles. The summed E-state index contributed by atoms with van der Waals surface area (Å²) in [6.07, 6.45) is -1.43. The van der Waals surface area contributed by atoms with E-state index in [1.165, 1.54) is 19.3 Å².